The van der Waals surface area contributed by atoms with Gasteiger partial charge in [0, 0.05) is 29.6 Å². The number of nitrogens with zero attached hydrogens (tertiary/aromatic N) is 3. The van der Waals surface area contributed by atoms with Gasteiger partial charge in [-0.15, -0.1) is 0 Å². The number of benzene rings is 2. The Bertz CT molecular complexity index is 1520. The number of methoxy groups -OCH3 is 1. The van der Waals surface area contributed by atoms with Gasteiger partial charge in [0.25, 0.3) is 5.56 Å². The largest absolute Gasteiger partial charge is 0.465 e. The monoisotopic (exact) mass is 490 g/mol. The number of aromatic nitrogens is 3. The minimum Gasteiger partial charge on any atom is -0.465 e. The van der Waals surface area contributed by atoms with Gasteiger partial charge in [-0.2, -0.15) is 5.10 Å². The fourth-order valence-corrected chi connectivity index (χ4v) is 4.42. The molecular formula is C27H27FN4O4. The summed E-state index contributed by atoms with van der Waals surface area (Å²) in [6.07, 6.45) is 0.346. The molecule has 4 aromatic rings. The number of halogens is 1. The molecule has 0 atom stereocenters. The molecule has 36 heavy (non-hydrogen) atoms. The summed E-state index contributed by atoms with van der Waals surface area (Å²) in [7, 11) is 1.30. The molecule has 1 amide bonds. The number of hydrogen-bond donors (Lipinski definition) is 1. The molecule has 0 bridgehead atoms. The van der Waals surface area contributed by atoms with Gasteiger partial charge in [-0.25, -0.2) is 13.9 Å². The zero-order valence-corrected chi connectivity index (χ0v) is 20.6. The summed E-state index contributed by atoms with van der Waals surface area (Å²) in [5, 5.41) is 8.21. The van der Waals surface area contributed by atoms with Gasteiger partial charge in [0.15, 0.2) is 0 Å². The molecule has 4 rings (SSSR count). The van der Waals surface area contributed by atoms with E-state index in [1.807, 2.05) is 20.8 Å². The summed E-state index contributed by atoms with van der Waals surface area (Å²) in [6, 6.07) is 12.5. The standard InChI is InChI=1S/C27H27FN4O4/c1-5-31-25-24(17(3)30-32(25)21-8-6-7-19(28)15-21)16(2)22(26(31)34)13-14-23(33)29-20-11-9-18(10-12-20)27(35)36-4/h6-12,15H,5,13-14H2,1-4H3,(H,29,33). The Balaban J connectivity index is 1.63. The number of fused-ring (bicyclic) bond motifs is 1. The Morgan fingerprint density at radius 3 is 2.47 bits per heavy atom. The van der Waals surface area contributed by atoms with Crippen LogP contribution in [0.3, 0.4) is 0 Å². The van der Waals surface area contributed by atoms with Gasteiger partial charge < -0.3 is 10.1 Å². The minimum atomic E-state index is -0.457. The molecule has 0 unspecified atom stereocenters. The van der Waals surface area contributed by atoms with Crippen molar-refractivity contribution < 1.29 is 18.7 Å². The number of rotatable bonds is 7. The Hall–Kier alpha value is -4.27. The number of nitrogens with one attached hydrogen (secondary N) is 1. The van der Waals surface area contributed by atoms with Crippen LogP contribution in [0.5, 0.6) is 0 Å². The highest BCUT2D eigenvalue weighted by molar-refractivity contribution is 5.93. The first kappa shape index (κ1) is 24.8. The maximum atomic E-state index is 13.9. The fraction of sp³-hybridized carbons (Fsp3) is 0.259. The van der Waals surface area contributed by atoms with Gasteiger partial charge in [-0.3, -0.25) is 14.2 Å². The van der Waals surface area contributed by atoms with Crippen molar-refractivity contribution in [2.24, 2.45) is 0 Å². The van der Waals surface area contributed by atoms with Gasteiger partial charge in [-0.1, -0.05) is 6.07 Å². The summed E-state index contributed by atoms with van der Waals surface area (Å²) in [5.74, 6) is -1.10. The van der Waals surface area contributed by atoms with E-state index < -0.39 is 11.8 Å². The van der Waals surface area contributed by atoms with Gasteiger partial charge in [-0.05, 0) is 75.2 Å². The highest BCUT2D eigenvalue weighted by Crippen LogP contribution is 2.26. The highest BCUT2D eigenvalue weighted by atomic mass is 19.1. The SMILES string of the molecule is CCn1c(=O)c(CCC(=O)Nc2ccc(C(=O)OC)cc2)c(C)c2c(C)nn(-c3cccc(F)c3)c21. The van der Waals surface area contributed by atoms with Crippen molar-refractivity contribution in [2.75, 3.05) is 12.4 Å². The lowest BCUT2D eigenvalue weighted by molar-refractivity contribution is -0.116. The Labute approximate surface area is 207 Å². The van der Waals surface area contributed by atoms with Gasteiger partial charge in [0.05, 0.1) is 24.1 Å². The first-order valence-electron chi connectivity index (χ1n) is 11.6. The van der Waals surface area contributed by atoms with Crippen molar-refractivity contribution in [3.05, 3.63) is 87.1 Å². The third-order valence-corrected chi connectivity index (χ3v) is 6.18. The van der Waals surface area contributed by atoms with Crippen LogP contribution in [0.15, 0.2) is 53.3 Å². The number of hydrogen-bond acceptors (Lipinski definition) is 5. The summed E-state index contributed by atoms with van der Waals surface area (Å²) in [6.45, 7) is 5.96. The Morgan fingerprint density at radius 1 is 1.11 bits per heavy atom. The molecule has 0 aliphatic rings. The van der Waals surface area contributed by atoms with Crippen LogP contribution in [0.2, 0.25) is 0 Å². The molecule has 2 heterocycles. The molecular weight excluding hydrogens is 463 g/mol. The number of aryl methyl sites for hydroxylation is 3. The van der Waals surface area contributed by atoms with Crippen molar-refractivity contribution in [2.45, 2.75) is 40.2 Å². The van der Waals surface area contributed by atoms with E-state index in [0.717, 1.165) is 10.9 Å². The van der Waals surface area contributed by atoms with Gasteiger partial charge in [0.1, 0.15) is 11.5 Å². The topological polar surface area (TPSA) is 95.2 Å². The molecule has 2 aromatic carbocycles. The summed E-state index contributed by atoms with van der Waals surface area (Å²) < 4.78 is 21.8. The molecule has 2 aromatic heterocycles. The summed E-state index contributed by atoms with van der Waals surface area (Å²) >= 11 is 0. The first-order valence-corrected chi connectivity index (χ1v) is 11.6. The zero-order chi connectivity index (χ0) is 26.0. The normalized spacial score (nSPS) is 11.0. The van der Waals surface area contributed by atoms with Crippen molar-refractivity contribution in [1.82, 2.24) is 14.3 Å². The summed E-state index contributed by atoms with van der Waals surface area (Å²) in [4.78, 5) is 37.7. The molecule has 0 aliphatic carbocycles. The fourth-order valence-electron chi connectivity index (χ4n) is 4.42. The Morgan fingerprint density at radius 2 is 1.83 bits per heavy atom. The van der Waals surface area contributed by atoms with Crippen molar-refractivity contribution in [1.29, 1.82) is 0 Å². The number of pyridine rings is 1. The van der Waals surface area contributed by atoms with E-state index in [4.69, 9.17) is 0 Å². The molecule has 186 valence electrons. The van der Waals surface area contributed by atoms with Crippen molar-refractivity contribution in [3.63, 3.8) is 0 Å². The smallest absolute Gasteiger partial charge is 0.337 e. The average molecular weight is 491 g/mol. The lowest BCUT2D eigenvalue weighted by Crippen LogP contribution is -2.27. The zero-order valence-electron chi connectivity index (χ0n) is 20.6. The quantitative estimate of drug-likeness (QED) is 0.389. The van der Waals surface area contributed by atoms with Crippen molar-refractivity contribution >= 4 is 28.6 Å². The van der Waals surface area contributed by atoms with Crippen LogP contribution in [0.1, 0.15) is 40.5 Å². The molecule has 0 saturated carbocycles. The molecule has 0 saturated heterocycles. The third-order valence-electron chi connectivity index (χ3n) is 6.18. The van der Waals surface area contributed by atoms with Crippen LogP contribution >= 0.6 is 0 Å². The van der Waals surface area contributed by atoms with Crippen molar-refractivity contribution in [3.8, 4) is 5.69 Å². The summed E-state index contributed by atoms with van der Waals surface area (Å²) in [5.41, 5.74) is 3.87. The number of carbonyl (C=O) groups excluding carboxylic acids is 2. The van der Waals surface area contributed by atoms with E-state index in [1.54, 1.807) is 45.6 Å². The molecule has 0 radical (unpaired) electrons. The molecule has 1 N–H and O–H groups in total. The highest BCUT2D eigenvalue weighted by Gasteiger charge is 2.21. The van der Waals surface area contributed by atoms with E-state index in [1.165, 1.54) is 19.2 Å². The third kappa shape index (κ3) is 4.64. The van der Waals surface area contributed by atoms with Crippen LogP contribution in [0.4, 0.5) is 10.1 Å². The molecule has 0 spiro atoms. The van der Waals surface area contributed by atoms with Gasteiger partial charge >= 0.3 is 5.97 Å². The second-order valence-corrected chi connectivity index (χ2v) is 8.45. The lowest BCUT2D eigenvalue weighted by atomic mass is 10.0. The maximum Gasteiger partial charge on any atom is 0.337 e. The molecule has 0 fully saturated rings. The van der Waals surface area contributed by atoms with Crippen LogP contribution < -0.4 is 10.9 Å². The number of amides is 1. The predicted octanol–water partition coefficient (Wildman–Crippen LogP) is 4.32. The second kappa shape index (κ2) is 10.2. The number of ether oxygens (including phenoxy) is 1. The predicted molar refractivity (Wildman–Crippen MR) is 135 cm³/mol. The van der Waals surface area contributed by atoms with E-state index in [2.05, 4.69) is 15.2 Å². The van der Waals surface area contributed by atoms with Crippen LogP contribution in [0, 0.1) is 19.7 Å². The van der Waals surface area contributed by atoms with E-state index in [-0.39, 0.29) is 24.3 Å². The van der Waals surface area contributed by atoms with Crippen LogP contribution in [-0.2, 0) is 22.5 Å². The van der Waals surface area contributed by atoms with Gasteiger partial charge in [0.2, 0.25) is 5.91 Å². The number of carbonyl (C=O) groups is 2. The van der Waals surface area contributed by atoms with E-state index in [0.29, 0.717) is 40.4 Å². The molecule has 0 aliphatic heterocycles. The van der Waals surface area contributed by atoms with Crippen LogP contribution in [-0.4, -0.2) is 33.3 Å². The first-order chi connectivity index (χ1) is 17.2. The van der Waals surface area contributed by atoms with E-state index >= 15 is 0 Å². The molecule has 8 nitrogen and oxygen atoms in total. The Kier molecular flexibility index (Phi) is 7.00. The van der Waals surface area contributed by atoms with E-state index in [9.17, 15) is 18.8 Å². The number of anilines is 1. The minimum absolute atomic E-state index is 0.0983. The van der Waals surface area contributed by atoms with Crippen LogP contribution in [0.25, 0.3) is 16.7 Å². The average Bonchev–Trinajstić information content (AvgIpc) is 3.21. The second-order valence-electron chi connectivity index (χ2n) is 8.45. The number of esters is 1. The lowest BCUT2D eigenvalue weighted by Gasteiger charge is -2.14. The maximum absolute atomic E-state index is 13.9. The molecule has 9 heteroatoms.